The molecule has 0 saturated heterocycles. The zero-order valence-corrected chi connectivity index (χ0v) is 9.42. The summed E-state index contributed by atoms with van der Waals surface area (Å²) in [6.07, 6.45) is 6.13. The van der Waals surface area contributed by atoms with Crippen molar-refractivity contribution in [1.29, 1.82) is 0 Å². The number of nitrogens with two attached hydrogens (primary N) is 1. The molecule has 0 aliphatic carbocycles. The highest BCUT2D eigenvalue weighted by Crippen LogP contribution is 2.01. The van der Waals surface area contributed by atoms with E-state index in [-0.39, 0.29) is 5.97 Å². The van der Waals surface area contributed by atoms with Crippen LogP contribution in [0, 0.1) is 0 Å². The van der Waals surface area contributed by atoms with Crippen molar-refractivity contribution in [1.82, 2.24) is 0 Å². The van der Waals surface area contributed by atoms with Crippen LogP contribution in [0.25, 0.3) is 0 Å². The summed E-state index contributed by atoms with van der Waals surface area (Å²) in [5, 5.41) is 0. The molecule has 1 atom stereocenters. The van der Waals surface area contributed by atoms with Gasteiger partial charge in [0, 0.05) is 0 Å². The fourth-order valence-electron chi connectivity index (χ4n) is 1.24. The monoisotopic (exact) mass is 201 g/mol. The quantitative estimate of drug-likeness (QED) is 0.484. The number of carbonyl (C=O) groups is 1. The maximum atomic E-state index is 11.2. The third kappa shape index (κ3) is 6.89. The summed E-state index contributed by atoms with van der Waals surface area (Å²) in [4.78, 5) is 11.2. The first kappa shape index (κ1) is 13.4. The maximum Gasteiger partial charge on any atom is 0.322 e. The molecular weight excluding hydrogens is 178 g/mol. The zero-order valence-electron chi connectivity index (χ0n) is 9.42. The summed E-state index contributed by atoms with van der Waals surface area (Å²) < 4.78 is 5.04. The van der Waals surface area contributed by atoms with Gasteiger partial charge in [-0.15, -0.1) is 0 Å². The molecule has 0 fully saturated rings. The molecule has 0 radical (unpaired) electrons. The minimum Gasteiger partial charge on any atom is -0.465 e. The molecule has 0 heterocycles. The Morgan fingerprint density at radius 1 is 1.21 bits per heavy atom. The minimum atomic E-state index is -0.425. The summed E-state index contributed by atoms with van der Waals surface area (Å²) >= 11 is 0. The number of unbranched alkanes of at least 4 members (excludes halogenated alkanes) is 3. The Morgan fingerprint density at radius 2 is 1.93 bits per heavy atom. The standard InChI is InChI=1S/C11H23NO2/c1-3-5-6-7-9-14-11(13)10(12)8-4-2/h10H,3-9,12H2,1-2H3/t10-/m0/s1. The minimum absolute atomic E-state index is 0.247. The van der Waals surface area contributed by atoms with Crippen LogP contribution in [0.1, 0.15) is 52.4 Å². The van der Waals surface area contributed by atoms with Crippen molar-refractivity contribution >= 4 is 5.97 Å². The van der Waals surface area contributed by atoms with Gasteiger partial charge in [0.1, 0.15) is 6.04 Å². The highest BCUT2D eigenvalue weighted by atomic mass is 16.5. The molecule has 0 aliphatic heterocycles. The van der Waals surface area contributed by atoms with Gasteiger partial charge in [-0.05, 0) is 12.8 Å². The first-order chi connectivity index (χ1) is 6.72. The van der Waals surface area contributed by atoms with Crippen molar-refractivity contribution in [3.8, 4) is 0 Å². The van der Waals surface area contributed by atoms with Crippen molar-refractivity contribution < 1.29 is 9.53 Å². The first-order valence-electron chi connectivity index (χ1n) is 5.64. The van der Waals surface area contributed by atoms with Crippen molar-refractivity contribution in [2.24, 2.45) is 5.73 Å². The van der Waals surface area contributed by atoms with Gasteiger partial charge in [-0.3, -0.25) is 4.79 Å². The van der Waals surface area contributed by atoms with E-state index < -0.39 is 6.04 Å². The Balaban J connectivity index is 3.34. The lowest BCUT2D eigenvalue weighted by Crippen LogP contribution is -2.32. The second-order valence-corrected chi connectivity index (χ2v) is 3.62. The van der Waals surface area contributed by atoms with Gasteiger partial charge in [-0.25, -0.2) is 0 Å². The predicted octanol–water partition coefficient (Wildman–Crippen LogP) is 2.24. The molecule has 0 aromatic rings. The van der Waals surface area contributed by atoms with Crippen molar-refractivity contribution in [2.75, 3.05) is 6.61 Å². The average molecular weight is 201 g/mol. The highest BCUT2D eigenvalue weighted by molar-refractivity contribution is 5.75. The van der Waals surface area contributed by atoms with E-state index >= 15 is 0 Å². The molecule has 3 heteroatoms. The topological polar surface area (TPSA) is 52.3 Å². The molecule has 3 nitrogen and oxygen atoms in total. The lowest BCUT2D eigenvalue weighted by Gasteiger charge is -2.09. The van der Waals surface area contributed by atoms with Gasteiger partial charge in [-0.2, -0.15) is 0 Å². The molecule has 0 aromatic heterocycles. The van der Waals surface area contributed by atoms with Crippen molar-refractivity contribution in [2.45, 2.75) is 58.4 Å². The van der Waals surface area contributed by atoms with E-state index in [9.17, 15) is 4.79 Å². The first-order valence-corrected chi connectivity index (χ1v) is 5.64. The van der Waals surface area contributed by atoms with Crippen LogP contribution in [0.15, 0.2) is 0 Å². The SMILES string of the molecule is CCCCCCOC(=O)[C@@H](N)CCC. The number of hydrogen-bond acceptors (Lipinski definition) is 3. The molecule has 14 heavy (non-hydrogen) atoms. The third-order valence-corrected chi connectivity index (χ3v) is 2.14. The Labute approximate surface area is 87.0 Å². The number of carbonyl (C=O) groups excluding carboxylic acids is 1. The fourth-order valence-corrected chi connectivity index (χ4v) is 1.24. The molecule has 0 aliphatic rings. The molecule has 2 N–H and O–H groups in total. The van der Waals surface area contributed by atoms with Crippen LogP contribution in [0.3, 0.4) is 0 Å². The maximum absolute atomic E-state index is 11.2. The molecule has 0 unspecified atom stereocenters. The summed E-state index contributed by atoms with van der Waals surface area (Å²) in [7, 11) is 0. The van der Waals surface area contributed by atoms with E-state index in [0.717, 1.165) is 19.3 Å². The molecule has 0 aromatic carbocycles. The number of rotatable bonds is 8. The Bertz CT molecular complexity index is 148. The van der Waals surface area contributed by atoms with E-state index in [4.69, 9.17) is 10.5 Å². The van der Waals surface area contributed by atoms with Gasteiger partial charge in [0.05, 0.1) is 6.61 Å². The van der Waals surface area contributed by atoms with Crippen LogP contribution >= 0.6 is 0 Å². The predicted molar refractivity (Wildman–Crippen MR) is 58.0 cm³/mol. The van der Waals surface area contributed by atoms with Crippen LogP contribution in [-0.4, -0.2) is 18.6 Å². The van der Waals surface area contributed by atoms with Gasteiger partial charge >= 0.3 is 5.97 Å². The van der Waals surface area contributed by atoms with E-state index in [1.165, 1.54) is 12.8 Å². The largest absolute Gasteiger partial charge is 0.465 e. The van der Waals surface area contributed by atoms with Gasteiger partial charge in [-0.1, -0.05) is 39.5 Å². The van der Waals surface area contributed by atoms with E-state index in [1.54, 1.807) is 0 Å². The molecule has 0 spiro atoms. The Kier molecular flexibility index (Phi) is 8.64. The zero-order chi connectivity index (χ0) is 10.8. The normalized spacial score (nSPS) is 12.5. The summed E-state index contributed by atoms with van der Waals surface area (Å²) in [6.45, 7) is 4.69. The highest BCUT2D eigenvalue weighted by Gasteiger charge is 2.12. The van der Waals surface area contributed by atoms with Gasteiger partial charge < -0.3 is 10.5 Å². The number of ether oxygens (including phenoxy) is 1. The van der Waals surface area contributed by atoms with Gasteiger partial charge in [0.15, 0.2) is 0 Å². The van der Waals surface area contributed by atoms with Crippen molar-refractivity contribution in [3.05, 3.63) is 0 Å². The molecule has 0 bridgehead atoms. The number of hydrogen-bond donors (Lipinski definition) is 1. The summed E-state index contributed by atoms with van der Waals surface area (Å²) in [5.41, 5.74) is 5.59. The molecule has 0 saturated carbocycles. The average Bonchev–Trinajstić information content (AvgIpc) is 2.17. The lowest BCUT2D eigenvalue weighted by atomic mass is 10.2. The van der Waals surface area contributed by atoms with Crippen molar-refractivity contribution in [3.63, 3.8) is 0 Å². The molecule has 84 valence electrons. The van der Waals surface area contributed by atoms with Crippen LogP contribution in [0.5, 0.6) is 0 Å². The van der Waals surface area contributed by atoms with Crippen LogP contribution < -0.4 is 5.73 Å². The molecular formula is C11H23NO2. The Hall–Kier alpha value is -0.570. The summed E-state index contributed by atoms with van der Waals surface area (Å²) in [5.74, 6) is -0.247. The second-order valence-electron chi connectivity index (χ2n) is 3.62. The molecule has 0 rings (SSSR count). The summed E-state index contributed by atoms with van der Waals surface area (Å²) in [6, 6.07) is -0.425. The smallest absolute Gasteiger partial charge is 0.322 e. The van der Waals surface area contributed by atoms with E-state index in [1.807, 2.05) is 6.92 Å². The van der Waals surface area contributed by atoms with E-state index in [0.29, 0.717) is 13.0 Å². The molecule has 0 amide bonds. The van der Waals surface area contributed by atoms with Crippen LogP contribution in [0.2, 0.25) is 0 Å². The van der Waals surface area contributed by atoms with Crippen LogP contribution in [0.4, 0.5) is 0 Å². The fraction of sp³-hybridized carbons (Fsp3) is 0.909. The second kappa shape index (κ2) is 9.00. The van der Waals surface area contributed by atoms with Gasteiger partial charge in [0.2, 0.25) is 0 Å². The Morgan fingerprint density at radius 3 is 2.50 bits per heavy atom. The van der Waals surface area contributed by atoms with Gasteiger partial charge in [0.25, 0.3) is 0 Å². The van der Waals surface area contributed by atoms with Crippen LogP contribution in [-0.2, 0) is 9.53 Å². The third-order valence-electron chi connectivity index (χ3n) is 2.14. The lowest BCUT2D eigenvalue weighted by molar-refractivity contribution is -0.145. The number of esters is 1. The van der Waals surface area contributed by atoms with E-state index in [2.05, 4.69) is 6.92 Å².